The number of hydrogen-bond donors (Lipinski definition) is 0. The number of halogens is 12. The van der Waals surface area contributed by atoms with Crippen LogP contribution < -0.4 is 0 Å². The summed E-state index contributed by atoms with van der Waals surface area (Å²) < 4.78 is 177. The fourth-order valence-corrected chi connectivity index (χ4v) is 4.64. The third kappa shape index (κ3) is 4.52. The van der Waals surface area contributed by atoms with Gasteiger partial charge in [-0.15, -0.1) is 0 Å². The topological polar surface area (TPSA) is 71.4 Å². The van der Waals surface area contributed by atoms with Crippen LogP contribution in [-0.2, 0) is 0 Å². The molecule has 1 aliphatic rings. The molecule has 0 aromatic heterocycles. The highest BCUT2D eigenvalue weighted by Gasteiger charge is 2.45. The van der Waals surface area contributed by atoms with Crippen LogP contribution in [0.4, 0.5) is 52.7 Å². The lowest BCUT2D eigenvalue weighted by molar-refractivity contribution is 0.441. The summed E-state index contributed by atoms with van der Waals surface area (Å²) in [5, 5.41) is 28.5. The minimum absolute atomic E-state index is 0.608. The third-order valence-electron chi connectivity index (χ3n) is 7.00. The molecule has 0 spiro atoms. The lowest BCUT2D eigenvalue weighted by atomic mass is 9.99. The SMILES string of the molecule is CC(=C1C(=C(C#N)c2c(F)c(F)c(C)c(F)c2F)C1=C(C#N)c1c(F)c(F)c(C#N)c(F)c1F)c1c(F)c(F)c(C)c(F)c1F. The van der Waals surface area contributed by atoms with E-state index in [1.54, 1.807) is 0 Å². The van der Waals surface area contributed by atoms with Crippen molar-refractivity contribution in [2.45, 2.75) is 20.8 Å². The Labute approximate surface area is 244 Å². The summed E-state index contributed by atoms with van der Waals surface area (Å²) >= 11 is 0. The summed E-state index contributed by atoms with van der Waals surface area (Å²) in [6.45, 7) is 1.92. The molecule has 0 atom stereocenters. The number of hydrogen-bond acceptors (Lipinski definition) is 3. The van der Waals surface area contributed by atoms with Gasteiger partial charge in [-0.05, 0) is 31.9 Å². The quantitative estimate of drug-likeness (QED) is 0.164. The molecule has 1 saturated carbocycles. The minimum Gasteiger partial charge on any atom is -0.203 e. The first kappa shape index (κ1) is 32.4. The molecular formula is C30H9F12N3. The zero-order valence-electron chi connectivity index (χ0n) is 22.4. The van der Waals surface area contributed by atoms with E-state index in [4.69, 9.17) is 5.26 Å². The maximum Gasteiger partial charge on any atom is 0.180 e. The number of allylic oxidation sites excluding steroid dienone is 6. The number of nitrogens with zero attached hydrogens (tertiary/aromatic N) is 3. The average molecular weight is 639 g/mol. The lowest BCUT2D eigenvalue weighted by Crippen LogP contribution is -2.06. The van der Waals surface area contributed by atoms with Crippen LogP contribution in [-0.4, -0.2) is 0 Å². The highest BCUT2D eigenvalue weighted by Crippen LogP contribution is 2.57. The first-order valence-corrected chi connectivity index (χ1v) is 11.9. The summed E-state index contributed by atoms with van der Waals surface area (Å²) in [6.07, 6.45) is 0. The smallest absolute Gasteiger partial charge is 0.180 e. The molecule has 0 unspecified atom stereocenters. The Hall–Kier alpha value is -5.49. The van der Waals surface area contributed by atoms with E-state index in [0.717, 1.165) is 18.2 Å². The molecule has 0 bridgehead atoms. The van der Waals surface area contributed by atoms with Crippen LogP contribution in [0.25, 0.3) is 16.7 Å². The van der Waals surface area contributed by atoms with Gasteiger partial charge in [0.05, 0.1) is 27.8 Å². The highest BCUT2D eigenvalue weighted by molar-refractivity contribution is 6.10. The zero-order chi connectivity index (χ0) is 34.0. The van der Waals surface area contributed by atoms with Crippen LogP contribution in [0.5, 0.6) is 0 Å². The molecule has 1 aliphatic carbocycles. The number of rotatable bonds is 3. The van der Waals surface area contributed by atoms with E-state index in [-0.39, 0.29) is 0 Å². The van der Waals surface area contributed by atoms with Gasteiger partial charge in [-0.3, -0.25) is 0 Å². The van der Waals surface area contributed by atoms with E-state index < -0.39 is 137 Å². The molecule has 3 nitrogen and oxygen atoms in total. The number of nitriles is 3. The monoisotopic (exact) mass is 639 g/mol. The van der Waals surface area contributed by atoms with Crippen LogP contribution in [0.1, 0.15) is 40.3 Å². The molecule has 15 heteroatoms. The molecule has 3 aromatic carbocycles. The normalized spacial score (nSPS) is 15.7. The van der Waals surface area contributed by atoms with E-state index >= 15 is 8.78 Å². The van der Waals surface area contributed by atoms with Crippen molar-refractivity contribution in [3.63, 3.8) is 0 Å². The average Bonchev–Trinajstić information content (AvgIpc) is 3.75. The van der Waals surface area contributed by atoms with Crippen LogP contribution >= 0.6 is 0 Å². The molecule has 1 fully saturated rings. The van der Waals surface area contributed by atoms with Crippen molar-refractivity contribution >= 4 is 16.7 Å². The van der Waals surface area contributed by atoms with Gasteiger partial charge in [0.25, 0.3) is 0 Å². The second-order valence-corrected chi connectivity index (χ2v) is 9.35. The van der Waals surface area contributed by atoms with Crippen LogP contribution in [0, 0.1) is 118 Å². The van der Waals surface area contributed by atoms with Crippen molar-refractivity contribution in [3.05, 3.63) is 120 Å². The first-order chi connectivity index (χ1) is 21.0. The van der Waals surface area contributed by atoms with Gasteiger partial charge in [-0.1, -0.05) is 0 Å². The second kappa shape index (κ2) is 11.2. The van der Waals surface area contributed by atoms with Gasteiger partial charge >= 0.3 is 0 Å². The van der Waals surface area contributed by atoms with Crippen molar-refractivity contribution in [2.75, 3.05) is 0 Å². The molecule has 0 radical (unpaired) electrons. The Bertz CT molecular complexity index is 2050. The van der Waals surface area contributed by atoms with E-state index in [9.17, 15) is 54.4 Å². The standard InChI is InChI=1S/C30H9F12N3/c1-7(14-25(37)19(31)8(2)20(32)26(14)38)13-15(10(4-43)17-27(39)21(33)9(3)22(34)28(17)40)16(13)11(5-44)18-29(41)23(35)12(6-45)24(36)30(18)42/h1-3H3. The summed E-state index contributed by atoms with van der Waals surface area (Å²) in [4.78, 5) is 0. The van der Waals surface area contributed by atoms with Gasteiger partial charge in [0.2, 0.25) is 0 Å². The van der Waals surface area contributed by atoms with Gasteiger partial charge < -0.3 is 0 Å². The molecule has 0 amide bonds. The molecule has 0 aliphatic heterocycles. The molecule has 228 valence electrons. The van der Waals surface area contributed by atoms with Crippen molar-refractivity contribution in [2.24, 2.45) is 0 Å². The van der Waals surface area contributed by atoms with Gasteiger partial charge in [-0.2, -0.15) is 15.8 Å². The van der Waals surface area contributed by atoms with E-state index in [2.05, 4.69) is 0 Å². The van der Waals surface area contributed by atoms with Crippen LogP contribution in [0.15, 0.2) is 16.7 Å². The maximum atomic E-state index is 15.0. The molecule has 45 heavy (non-hydrogen) atoms. The lowest BCUT2D eigenvalue weighted by Gasteiger charge is -2.10. The molecule has 4 rings (SSSR count). The van der Waals surface area contributed by atoms with Crippen molar-refractivity contribution in [3.8, 4) is 18.2 Å². The molecule has 0 N–H and O–H groups in total. The zero-order valence-corrected chi connectivity index (χ0v) is 22.4. The molecule has 0 saturated heterocycles. The number of benzene rings is 3. The largest absolute Gasteiger partial charge is 0.203 e. The van der Waals surface area contributed by atoms with Crippen molar-refractivity contribution in [1.29, 1.82) is 15.8 Å². The maximum absolute atomic E-state index is 15.0. The van der Waals surface area contributed by atoms with Gasteiger partial charge in [0.15, 0.2) is 69.8 Å². The van der Waals surface area contributed by atoms with Crippen LogP contribution in [0.2, 0.25) is 0 Å². The fourth-order valence-electron chi connectivity index (χ4n) is 4.64. The van der Waals surface area contributed by atoms with Crippen molar-refractivity contribution < 1.29 is 52.7 Å². The summed E-state index contributed by atoms with van der Waals surface area (Å²) in [6, 6.07) is 3.08. The summed E-state index contributed by atoms with van der Waals surface area (Å²) in [7, 11) is 0. The Morgan fingerprint density at radius 1 is 0.422 bits per heavy atom. The Morgan fingerprint density at radius 3 is 1.00 bits per heavy atom. The van der Waals surface area contributed by atoms with Crippen LogP contribution in [0.3, 0.4) is 0 Å². The molecule has 3 aromatic rings. The second-order valence-electron chi connectivity index (χ2n) is 9.35. The van der Waals surface area contributed by atoms with Crippen molar-refractivity contribution in [1.82, 2.24) is 0 Å². The van der Waals surface area contributed by atoms with E-state index in [1.165, 1.54) is 0 Å². The van der Waals surface area contributed by atoms with E-state index in [0.29, 0.717) is 20.8 Å². The Kier molecular flexibility index (Phi) is 8.08. The summed E-state index contributed by atoms with van der Waals surface area (Å²) in [5.74, 6) is -26.0. The fraction of sp³-hybridized carbons (Fsp3) is 0.100. The van der Waals surface area contributed by atoms with Gasteiger partial charge in [0.1, 0.15) is 23.8 Å². The first-order valence-electron chi connectivity index (χ1n) is 11.9. The molecule has 0 heterocycles. The summed E-state index contributed by atoms with van der Waals surface area (Å²) in [5.41, 5.74) is -16.5. The van der Waals surface area contributed by atoms with Gasteiger partial charge in [-0.25, -0.2) is 52.7 Å². The third-order valence-corrected chi connectivity index (χ3v) is 7.00. The minimum atomic E-state index is -2.38. The van der Waals surface area contributed by atoms with E-state index in [1.807, 2.05) is 0 Å². The predicted molar refractivity (Wildman–Crippen MR) is 131 cm³/mol. The Morgan fingerprint density at radius 2 is 0.711 bits per heavy atom. The molecular weight excluding hydrogens is 630 g/mol. The van der Waals surface area contributed by atoms with Gasteiger partial charge in [0, 0.05) is 22.3 Å². The highest BCUT2D eigenvalue weighted by atomic mass is 19.2. The predicted octanol–water partition coefficient (Wildman–Crippen LogP) is 8.59. The Balaban J connectivity index is 2.32.